The molecule has 1 N–H and O–H groups in total. The van der Waals surface area contributed by atoms with E-state index in [9.17, 15) is 13.2 Å². The maximum Gasteiger partial charge on any atom is 0.348 e. The molecular formula is C13H19NO5S2. The molecule has 21 heavy (non-hydrogen) atoms. The molecule has 0 amide bonds. The van der Waals surface area contributed by atoms with Crippen LogP contribution >= 0.6 is 11.3 Å². The number of hydrogen-bond acceptors (Lipinski definition) is 6. The number of nitrogens with one attached hydrogen (secondary N) is 1. The van der Waals surface area contributed by atoms with E-state index in [0.717, 1.165) is 24.2 Å². The van der Waals surface area contributed by atoms with Gasteiger partial charge in [0.2, 0.25) is 10.0 Å². The van der Waals surface area contributed by atoms with Crippen LogP contribution in [0.5, 0.6) is 0 Å². The summed E-state index contributed by atoms with van der Waals surface area (Å²) in [5.74, 6) is -0.483. The number of thiophene rings is 1. The molecule has 118 valence electrons. The van der Waals surface area contributed by atoms with Crippen molar-refractivity contribution in [1.82, 2.24) is 0 Å². The average Bonchev–Trinajstić information content (AvgIpc) is 2.98. The van der Waals surface area contributed by atoms with Crippen molar-refractivity contribution >= 4 is 32.3 Å². The Kier molecular flexibility index (Phi) is 5.23. The molecule has 2 heterocycles. The summed E-state index contributed by atoms with van der Waals surface area (Å²) in [6.07, 6.45) is 1.41. The molecule has 8 heteroatoms. The Labute approximate surface area is 128 Å². The van der Waals surface area contributed by atoms with Gasteiger partial charge in [0.1, 0.15) is 9.88 Å². The molecule has 1 aromatic heterocycles. The Balaban J connectivity index is 2.05. The molecule has 1 aliphatic rings. The number of carbonyl (C=O) groups excluding carboxylic acids is 1. The van der Waals surface area contributed by atoms with Crippen molar-refractivity contribution < 1.29 is 22.7 Å². The summed E-state index contributed by atoms with van der Waals surface area (Å²) in [7, 11) is -3.48. The third-order valence-corrected chi connectivity index (χ3v) is 5.67. The topological polar surface area (TPSA) is 81.7 Å². The molecule has 0 aliphatic carbocycles. The summed E-state index contributed by atoms with van der Waals surface area (Å²) in [5.41, 5.74) is 0.702. The molecule has 1 aliphatic heterocycles. The van der Waals surface area contributed by atoms with Crippen LogP contribution in [-0.4, -0.2) is 39.5 Å². The van der Waals surface area contributed by atoms with Gasteiger partial charge < -0.3 is 9.47 Å². The zero-order valence-electron chi connectivity index (χ0n) is 12.0. The van der Waals surface area contributed by atoms with Crippen molar-refractivity contribution in [1.29, 1.82) is 0 Å². The van der Waals surface area contributed by atoms with Crippen LogP contribution in [0.15, 0.2) is 6.07 Å². The molecule has 1 saturated heterocycles. The third-order valence-electron chi connectivity index (χ3n) is 3.06. The maximum absolute atomic E-state index is 12.1. The van der Waals surface area contributed by atoms with Gasteiger partial charge in [-0.15, -0.1) is 11.3 Å². The first-order valence-corrected chi connectivity index (χ1v) is 9.28. The average molecular weight is 333 g/mol. The van der Waals surface area contributed by atoms with Crippen LogP contribution in [0.4, 0.5) is 5.00 Å². The van der Waals surface area contributed by atoms with E-state index in [4.69, 9.17) is 9.47 Å². The van der Waals surface area contributed by atoms with Gasteiger partial charge in [-0.3, -0.25) is 4.72 Å². The van der Waals surface area contributed by atoms with E-state index in [-0.39, 0.29) is 18.5 Å². The minimum atomic E-state index is -3.48. The summed E-state index contributed by atoms with van der Waals surface area (Å²) in [6, 6.07) is 1.64. The molecule has 1 aromatic rings. The lowest BCUT2D eigenvalue weighted by molar-refractivity contribution is 0.0531. The minimum absolute atomic E-state index is 0.0569. The van der Waals surface area contributed by atoms with Gasteiger partial charge in [-0.1, -0.05) is 0 Å². The van der Waals surface area contributed by atoms with Gasteiger partial charge in [-0.2, -0.15) is 0 Å². The van der Waals surface area contributed by atoms with Crippen molar-refractivity contribution in [3.63, 3.8) is 0 Å². The highest BCUT2D eigenvalue weighted by Crippen LogP contribution is 2.28. The molecular weight excluding hydrogens is 314 g/mol. The second-order valence-corrected chi connectivity index (χ2v) is 7.68. The van der Waals surface area contributed by atoms with Gasteiger partial charge in [0.05, 0.1) is 18.5 Å². The Morgan fingerprint density at radius 2 is 2.33 bits per heavy atom. The Morgan fingerprint density at radius 3 is 2.95 bits per heavy atom. The Bertz CT molecular complexity index is 602. The van der Waals surface area contributed by atoms with Gasteiger partial charge in [-0.05, 0) is 38.3 Å². The number of aryl methyl sites for hydroxylation is 1. The van der Waals surface area contributed by atoms with Crippen LogP contribution in [0, 0.1) is 6.92 Å². The summed E-state index contributed by atoms with van der Waals surface area (Å²) < 4.78 is 36.9. The number of rotatable bonds is 6. The van der Waals surface area contributed by atoms with Crippen LogP contribution < -0.4 is 4.72 Å². The minimum Gasteiger partial charge on any atom is -0.462 e. The van der Waals surface area contributed by atoms with Crippen LogP contribution in [-0.2, 0) is 19.5 Å². The summed E-state index contributed by atoms with van der Waals surface area (Å²) in [5, 5.41) is 0.425. The summed E-state index contributed by atoms with van der Waals surface area (Å²) >= 11 is 1.09. The molecule has 0 bridgehead atoms. The predicted molar refractivity (Wildman–Crippen MR) is 81.4 cm³/mol. The van der Waals surface area contributed by atoms with E-state index < -0.39 is 16.0 Å². The van der Waals surface area contributed by atoms with Crippen LogP contribution in [0.25, 0.3) is 0 Å². The first-order chi connectivity index (χ1) is 9.91. The Morgan fingerprint density at radius 1 is 1.57 bits per heavy atom. The van der Waals surface area contributed by atoms with Gasteiger partial charge in [-0.25, -0.2) is 13.2 Å². The number of ether oxygens (including phenoxy) is 2. The number of carbonyl (C=O) groups is 1. The third kappa shape index (κ3) is 4.42. The fourth-order valence-corrected chi connectivity index (χ4v) is 4.71. The number of esters is 1. The molecule has 0 aromatic carbocycles. The first kappa shape index (κ1) is 16.3. The maximum atomic E-state index is 12.1. The standard InChI is InChI=1S/C13H19NO5S2/c1-3-18-13(15)12-9(2)7-11(20-12)14-21(16,17)8-10-5-4-6-19-10/h7,10,14H,3-6,8H2,1-2H3. The van der Waals surface area contributed by atoms with Crippen LogP contribution in [0.2, 0.25) is 0 Å². The number of anilines is 1. The van der Waals surface area contributed by atoms with Gasteiger partial charge in [0, 0.05) is 6.61 Å². The molecule has 1 fully saturated rings. The monoisotopic (exact) mass is 333 g/mol. The van der Waals surface area contributed by atoms with Crippen LogP contribution in [0.1, 0.15) is 35.0 Å². The molecule has 0 radical (unpaired) electrons. The molecule has 1 atom stereocenters. The zero-order chi connectivity index (χ0) is 15.5. The van der Waals surface area contributed by atoms with Crippen molar-refractivity contribution in [2.75, 3.05) is 23.7 Å². The Hall–Kier alpha value is -1.12. The lowest BCUT2D eigenvalue weighted by atomic mass is 10.3. The van der Waals surface area contributed by atoms with Crippen LogP contribution in [0.3, 0.4) is 0 Å². The molecule has 2 rings (SSSR count). The van der Waals surface area contributed by atoms with Crippen molar-refractivity contribution in [2.24, 2.45) is 0 Å². The summed E-state index contributed by atoms with van der Waals surface area (Å²) in [4.78, 5) is 12.1. The van der Waals surface area contributed by atoms with E-state index in [1.165, 1.54) is 0 Å². The second-order valence-electron chi connectivity index (χ2n) is 4.86. The van der Waals surface area contributed by atoms with Crippen molar-refractivity contribution in [2.45, 2.75) is 32.8 Å². The lowest BCUT2D eigenvalue weighted by Crippen LogP contribution is -2.25. The van der Waals surface area contributed by atoms with Gasteiger partial charge >= 0.3 is 5.97 Å². The predicted octanol–water partition coefficient (Wildman–Crippen LogP) is 2.15. The van der Waals surface area contributed by atoms with E-state index in [1.807, 2.05) is 0 Å². The largest absolute Gasteiger partial charge is 0.462 e. The summed E-state index contributed by atoms with van der Waals surface area (Å²) in [6.45, 7) is 4.38. The highest BCUT2D eigenvalue weighted by atomic mass is 32.2. The smallest absolute Gasteiger partial charge is 0.348 e. The SMILES string of the molecule is CCOC(=O)c1sc(NS(=O)(=O)CC2CCCO2)cc1C. The zero-order valence-corrected chi connectivity index (χ0v) is 13.7. The van der Waals surface area contributed by atoms with Gasteiger partial charge in [0.25, 0.3) is 0 Å². The number of sulfonamides is 1. The fraction of sp³-hybridized carbons (Fsp3) is 0.615. The number of hydrogen-bond donors (Lipinski definition) is 1. The van der Waals surface area contributed by atoms with E-state index in [2.05, 4.69) is 4.72 Å². The quantitative estimate of drug-likeness (QED) is 0.807. The molecule has 0 saturated carbocycles. The van der Waals surface area contributed by atoms with E-state index >= 15 is 0 Å². The normalized spacial score (nSPS) is 18.7. The van der Waals surface area contributed by atoms with Crippen molar-refractivity contribution in [3.05, 3.63) is 16.5 Å². The fourth-order valence-electron chi connectivity index (χ4n) is 2.15. The van der Waals surface area contributed by atoms with Crippen molar-refractivity contribution in [3.8, 4) is 0 Å². The van der Waals surface area contributed by atoms with E-state index in [0.29, 0.717) is 22.0 Å². The van der Waals surface area contributed by atoms with E-state index in [1.54, 1.807) is 19.9 Å². The first-order valence-electron chi connectivity index (χ1n) is 6.81. The lowest BCUT2D eigenvalue weighted by Gasteiger charge is -2.10. The molecule has 6 nitrogen and oxygen atoms in total. The molecule has 0 spiro atoms. The van der Waals surface area contributed by atoms with Gasteiger partial charge in [0.15, 0.2) is 0 Å². The molecule has 1 unspecified atom stereocenters. The second kappa shape index (κ2) is 6.76. The highest BCUT2D eigenvalue weighted by molar-refractivity contribution is 7.92. The highest BCUT2D eigenvalue weighted by Gasteiger charge is 2.24.